The van der Waals surface area contributed by atoms with Gasteiger partial charge in [0.15, 0.2) is 8.24 Å². The van der Waals surface area contributed by atoms with E-state index >= 15 is 0 Å². The Morgan fingerprint density at radius 1 is 1.00 bits per heavy atom. The minimum absolute atomic E-state index is 0.102. The summed E-state index contributed by atoms with van der Waals surface area (Å²) >= 11 is 0. The SMILES string of the molecule is CC(C)(C)N[Si](C)(c1ccccc1)C1C=C(N2CCCC2)C2C=CC=CC21. The zero-order valence-electron chi connectivity index (χ0n) is 17.3. The number of rotatable bonds is 4. The molecule has 2 aliphatic carbocycles. The molecule has 0 saturated carbocycles. The third kappa shape index (κ3) is 3.60. The summed E-state index contributed by atoms with van der Waals surface area (Å²) in [4.78, 5) is 6.82. The van der Waals surface area contributed by atoms with E-state index in [-0.39, 0.29) is 5.54 Å². The molecule has 1 aromatic carbocycles. The Bertz CT molecular complexity index is 752. The summed E-state index contributed by atoms with van der Waals surface area (Å²) in [7, 11) is -1.97. The fourth-order valence-electron chi connectivity index (χ4n) is 5.42. The quantitative estimate of drug-likeness (QED) is 0.772. The van der Waals surface area contributed by atoms with Gasteiger partial charge in [-0.1, -0.05) is 67.3 Å². The summed E-state index contributed by atoms with van der Waals surface area (Å²) in [6, 6.07) is 11.3. The Hall–Kier alpha value is -1.58. The molecule has 0 radical (unpaired) electrons. The fraction of sp³-hybridized carbons (Fsp3) is 0.500. The van der Waals surface area contributed by atoms with Gasteiger partial charge in [-0.15, -0.1) is 0 Å². The first-order valence-electron chi connectivity index (χ1n) is 10.5. The summed E-state index contributed by atoms with van der Waals surface area (Å²) in [5.74, 6) is 1.13. The van der Waals surface area contributed by atoms with Crippen LogP contribution in [0.5, 0.6) is 0 Å². The van der Waals surface area contributed by atoms with Crippen molar-refractivity contribution < 1.29 is 0 Å². The third-order valence-electron chi connectivity index (χ3n) is 6.43. The van der Waals surface area contributed by atoms with Crippen LogP contribution in [0.4, 0.5) is 0 Å². The van der Waals surface area contributed by atoms with Crippen molar-refractivity contribution in [3.8, 4) is 0 Å². The first-order chi connectivity index (χ1) is 12.9. The van der Waals surface area contributed by atoms with E-state index in [0.717, 1.165) is 0 Å². The van der Waals surface area contributed by atoms with E-state index < -0.39 is 8.24 Å². The highest BCUT2D eigenvalue weighted by Crippen LogP contribution is 2.49. The van der Waals surface area contributed by atoms with Crippen LogP contribution in [0.25, 0.3) is 0 Å². The lowest BCUT2D eigenvalue weighted by Gasteiger charge is -2.42. The molecule has 1 fully saturated rings. The van der Waals surface area contributed by atoms with Crippen LogP contribution >= 0.6 is 0 Å². The van der Waals surface area contributed by atoms with Crippen LogP contribution in [0.2, 0.25) is 12.1 Å². The molecule has 4 unspecified atom stereocenters. The van der Waals surface area contributed by atoms with Gasteiger partial charge in [0.05, 0.1) is 0 Å². The Kier molecular flexibility index (Phi) is 4.94. The number of nitrogens with one attached hydrogen (secondary N) is 1. The van der Waals surface area contributed by atoms with Crippen molar-refractivity contribution >= 4 is 13.4 Å². The van der Waals surface area contributed by atoms with Gasteiger partial charge in [-0.3, -0.25) is 0 Å². The lowest BCUT2D eigenvalue weighted by atomic mass is 9.89. The minimum atomic E-state index is -1.97. The first kappa shape index (κ1) is 18.8. The highest BCUT2D eigenvalue weighted by atomic mass is 28.3. The molecule has 3 aliphatic rings. The molecule has 1 N–H and O–H groups in total. The van der Waals surface area contributed by atoms with Crippen LogP contribution < -0.4 is 10.2 Å². The molecule has 144 valence electrons. The van der Waals surface area contributed by atoms with Crippen LogP contribution in [0.15, 0.2) is 66.4 Å². The van der Waals surface area contributed by atoms with E-state index in [9.17, 15) is 0 Å². The number of allylic oxidation sites excluding steroid dienone is 5. The second kappa shape index (κ2) is 7.10. The molecule has 2 nitrogen and oxygen atoms in total. The molecule has 0 amide bonds. The summed E-state index contributed by atoms with van der Waals surface area (Å²) in [6.45, 7) is 12.0. The Labute approximate surface area is 166 Å². The van der Waals surface area contributed by atoms with Crippen molar-refractivity contribution in [3.63, 3.8) is 0 Å². The predicted octanol–water partition coefficient (Wildman–Crippen LogP) is 4.58. The highest BCUT2D eigenvalue weighted by Gasteiger charge is 2.50. The largest absolute Gasteiger partial charge is 0.375 e. The molecule has 0 spiro atoms. The fourth-order valence-corrected chi connectivity index (χ4v) is 10.2. The summed E-state index contributed by atoms with van der Waals surface area (Å²) in [5, 5.41) is 1.52. The van der Waals surface area contributed by atoms with E-state index in [2.05, 4.69) is 97.9 Å². The second-order valence-corrected chi connectivity index (χ2v) is 13.5. The molecule has 0 aromatic heterocycles. The molecule has 1 aromatic rings. The second-order valence-electron chi connectivity index (χ2n) is 9.63. The van der Waals surface area contributed by atoms with Crippen LogP contribution in [0, 0.1) is 11.8 Å². The number of fused-ring (bicyclic) bond motifs is 1. The van der Waals surface area contributed by atoms with Gasteiger partial charge in [0.1, 0.15) is 0 Å². The third-order valence-corrected chi connectivity index (χ3v) is 11.1. The van der Waals surface area contributed by atoms with Crippen molar-refractivity contribution in [3.05, 3.63) is 66.4 Å². The van der Waals surface area contributed by atoms with Gasteiger partial charge < -0.3 is 9.88 Å². The van der Waals surface area contributed by atoms with E-state index in [1.54, 1.807) is 5.70 Å². The molecule has 4 atom stereocenters. The zero-order valence-corrected chi connectivity index (χ0v) is 18.3. The molecule has 27 heavy (non-hydrogen) atoms. The molecule has 1 aliphatic heterocycles. The van der Waals surface area contributed by atoms with Gasteiger partial charge in [0.25, 0.3) is 0 Å². The Balaban J connectivity index is 1.78. The van der Waals surface area contributed by atoms with Crippen LogP contribution in [-0.4, -0.2) is 31.8 Å². The average molecular weight is 379 g/mol. The van der Waals surface area contributed by atoms with Crippen LogP contribution in [-0.2, 0) is 0 Å². The van der Waals surface area contributed by atoms with Crippen molar-refractivity contribution in [2.45, 2.75) is 51.2 Å². The lowest BCUT2D eigenvalue weighted by Crippen LogP contribution is -2.66. The maximum absolute atomic E-state index is 4.15. The summed E-state index contributed by atoms with van der Waals surface area (Å²) in [5.41, 5.74) is 2.26. The Morgan fingerprint density at radius 2 is 1.67 bits per heavy atom. The summed E-state index contributed by atoms with van der Waals surface area (Å²) < 4.78 is 0. The van der Waals surface area contributed by atoms with Gasteiger partial charge in [0.2, 0.25) is 0 Å². The maximum atomic E-state index is 4.15. The van der Waals surface area contributed by atoms with Crippen molar-refractivity contribution in [1.29, 1.82) is 0 Å². The maximum Gasteiger partial charge on any atom is 0.162 e. The van der Waals surface area contributed by atoms with Gasteiger partial charge in [0, 0.05) is 30.2 Å². The number of benzene rings is 1. The number of nitrogens with zero attached hydrogens (tertiary/aromatic N) is 1. The minimum Gasteiger partial charge on any atom is -0.375 e. The van der Waals surface area contributed by atoms with E-state index in [4.69, 9.17) is 0 Å². The lowest BCUT2D eigenvalue weighted by molar-refractivity contribution is 0.372. The van der Waals surface area contributed by atoms with E-state index in [0.29, 0.717) is 17.4 Å². The molecule has 1 heterocycles. The zero-order chi connectivity index (χ0) is 19.1. The van der Waals surface area contributed by atoms with Gasteiger partial charge in [-0.2, -0.15) is 0 Å². The topological polar surface area (TPSA) is 15.3 Å². The van der Waals surface area contributed by atoms with Gasteiger partial charge in [-0.05, 0) is 50.3 Å². The number of hydrogen-bond donors (Lipinski definition) is 1. The number of likely N-dealkylation sites (tertiary alicyclic amines) is 1. The van der Waals surface area contributed by atoms with Crippen LogP contribution in [0.1, 0.15) is 33.6 Å². The van der Waals surface area contributed by atoms with Crippen molar-refractivity contribution in [1.82, 2.24) is 9.88 Å². The average Bonchev–Trinajstić information content (AvgIpc) is 3.29. The van der Waals surface area contributed by atoms with Crippen molar-refractivity contribution in [2.75, 3.05) is 13.1 Å². The normalized spacial score (nSPS) is 29.6. The van der Waals surface area contributed by atoms with Gasteiger partial charge >= 0.3 is 0 Å². The molecule has 1 saturated heterocycles. The van der Waals surface area contributed by atoms with Gasteiger partial charge in [-0.25, -0.2) is 0 Å². The standard InChI is InChI=1S/C24H34N2Si/c1-24(2,3)25-27(4,19-12-6-5-7-13-19)23-18-22(26-16-10-11-17-26)20-14-8-9-15-21(20)23/h5-9,12-15,18,20-21,23,25H,10-11,16-17H2,1-4H3. The molecule has 4 rings (SSSR count). The van der Waals surface area contributed by atoms with E-state index in [1.165, 1.54) is 31.1 Å². The molecule has 3 heteroatoms. The smallest absolute Gasteiger partial charge is 0.162 e. The monoisotopic (exact) mass is 378 g/mol. The predicted molar refractivity (Wildman–Crippen MR) is 118 cm³/mol. The number of hydrogen-bond acceptors (Lipinski definition) is 2. The summed E-state index contributed by atoms with van der Waals surface area (Å²) in [6.07, 6.45) is 14.8. The van der Waals surface area contributed by atoms with Crippen LogP contribution in [0.3, 0.4) is 0 Å². The first-order valence-corrected chi connectivity index (χ1v) is 13.1. The highest BCUT2D eigenvalue weighted by molar-refractivity contribution is 6.90. The molecular formula is C24H34N2Si. The van der Waals surface area contributed by atoms with Crippen molar-refractivity contribution in [2.24, 2.45) is 11.8 Å². The Morgan fingerprint density at radius 3 is 2.33 bits per heavy atom. The molecular weight excluding hydrogens is 344 g/mol. The van der Waals surface area contributed by atoms with E-state index in [1.807, 2.05) is 0 Å². The molecule has 0 bridgehead atoms.